The highest BCUT2D eigenvalue weighted by Crippen LogP contribution is 2.22. The van der Waals surface area contributed by atoms with Gasteiger partial charge in [0.2, 0.25) is 0 Å². The Labute approximate surface area is 176 Å². The van der Waals surface area contributed by atoms with Gasteiger partial charge in [-0.2, -0.15) is 11.3 Å². The molecule has 154 valence electrons. The van der Waals surface area contributed by atoms with E-state index >= 15 is 0 Å². The van der Waals surface area contributed by atoms with Crippen LogP contribution in [0, 0.1) is 5.92 Å². The van der Waals surface area contributed by atoms with E-state index in [-0.39, 0.29) is 11.8 Å². The van der Waals surface area contributed by atoms with Crippen molar-refractivity contribution in [2.24, 2.45) is 5.92 Å². The van der Waals surface area contributed by atoms with Gasteiger partial charge in [0.05, 0.1) is 12.2 Å². The standard InChI is InChI=1S/C23H28N2O3S/c26-22(24-10-2-1-3-11-24)19-7-4-8-21(14-19)28-16-18-6-5-12-25(15-18)23(27)20-9-13-29-17-20/h4,7-9,13-14,17-18H,1-3,5-6,10-12,15-16H2. The smallest absolute Gasteiger partial charge is 0.254 e. The maximum atomic E-state index is 12.7. The predicted octanol–water partition coefficient (Wildman–Crippen LogP) is 4.31. The molecule has 1 unspecified atom stereocenters. The zero-order valence-corrected chi connectivity index (χ0v) is 17.5. The van der Waals surface area contributed by atoms with Gasteiger partial charge < -0.3 is 14.5 Å². The van der Waals surface area contributed by atoms with Gasteiger partial charge in [0.25, 0.3) is 11.8 Å². The van der Waals surface area contributed by atoms with Crippen molar-refractivity contribution in [1.29, 1.82) is 0 Å². The molecule has 1 aromatic heterocycles. The summed E-state index contributed by atoms with van der Waals surface area (Å²) in [6.07, 6.45) is 5.44. The highest BCUT2D eigenvalue weighted by molar-refractivity contribution is 7.08. The summed E-state index contributed by atoms with van der Waals surface area (Å²) in [5.41, 5.74) is 1.47. The van der Waals surface area contributed by atoms with Crippen molar-refractivity contribution in [3.05, 3.63) is 52.2 Å². The predicted molar refractivity (Wildman–Crippen MR) is 115 cm³/mol. The molecule has 2 fully saturated rings. The molecule has 5 nitrogen and oxygen atoms in total. The van der Waals surface area contributed by atoms with Crippen LogP contribution in [0.5, 0.6) is 5.75 Å². The Hall–Kier alpha value is -2.34. The molecule has 2 aliphatic heterocycles. The summed E-state index contributed by atoms with van der Waals surface area (Å²) in [6, 6.07) is 9.40. The number of amides is 2. The highest BCUT2D eigenvalue weighted by Gasteiger charge is 2.25. The van der Waals surface area contributed by atoms with Gasteiger partial charge in [0, 0.05) is 43.0 Å². The molecule has 4 rings (SSSR count). The van der Waals surface area contributed by atoms with Crippen LogP contribution in [-0.2, 0) is 0 Å². The lowest BCUT2D eigenvalue weighted by molar-refractivity contribution is 0.0632. The first-order valence-corrected chi connectivity index (χ1v) is 11.5. The van der Waals surface area contributed by atoms with Crippen LogP contribution in [0.2, 0.25) is 0 Å². The van der Waals surface area contributed by atoms with Crippen LogP contribution in [-0.4, -0.2) is 54.4 Å². The maximum Gasteiger partial charge on any atom is 0.254 e. The van der Waals surface area contributed by atoms with Crippen LogP contribution in [0.25, 0.3) is 0 Å². The van der Waals surface area contributed by atoms with Gasteiger partial charge >= 0.3 is 0 Å². The highest BCUT2D eigenvalue weighted by atomic mass is 32.1. The average molecular weight is 413 g/mol. The van der Waals surface area contributed by atoms with Crippen molar-refractivity contribution in [1.82, 2.24) is 9.80 Å². The molecule has 0 saturated carbocycles. The number of ether oxygens (including phenoxy) is 1. The normalized spacial score (nSPS) is 19.8. The van der Waals surface area contributed by atoms with Crippen molar-refractivity contribution in [3.63, 3.8) is 0 Å². The first kappa shape index (κ1) is 20.0. The van der Waals surface area contributed by atoms with Gasteiger partial charge in [-0.25, -0.2) is 0 Å². The Bertz CT molecular complexity index is 830. The minimum atomic E-state index is 0.0975. The third kappa shape index (κ3) is 4.99. The topological polar surface area (TPSA) is 49.9 Å². The van der Waals surface area contributed by atoms with E-state index in [0.717, 1.165) is 63.2 Å². The molecule has 0 N–H and O–H groups in total. The van der Waals surface area contributed by atoms with Gasteiger partial charge in [-0.1, -0.05) is 6.07 Å². The van der Waals surface area contributed by atoms with Crippen molar-refractivity contribution >= 4 is 23.2 Å². The van der Waals surface area contributed by atoms with E-state index < -0.39 is 0 Å². The molecule has 3 heterocycles. The third-order valence-corrected chi connectivity index (χ3v) is 6.47. The molecule has 0 aliphatic carbocycles. The van der Waals surface area contributed by atoms with E-state index in [9.17, 15) is 9.59 Å². The molecule has 1 aromatic carbocycles. The lowest BCUT2D eigenvalue weighted by Crippen LogP contribution is -2.41. The van der Waals surface area contributed by atoms with E-state index in [1.165, 1.54) is 6.42 Å². The minimum absolute atomic E-state index is 0.0975. The zero-order valence-electron chi connectivity index (χ0n) is 16.7. The number of nitrogens with zero attached hydrogens (tertiary/aromatic N) is 2. The SMILES string of the molecule is O=C(c1cccc(OCC2CCCN(C(=O)c3ccsc3)C2)c1)N1CCCCC1. The largest absolute Gasteiger partial charge is 0.493 e. The van der Waals surface area contributed by atoms with E-state index in [0.29, 0.717) is 18.1 Å². The Morgan fingerprint density at radius 1 is 0.966 bits per heavy atom. The molecule has 2 amide bonds. The van der Waals surface area contributed by atoms with E-state index in [2.05, 4.69) is 0 Å². The number of likely N-dealkylation sites (tertiary alicyclic amines) is 2. The van der Waals surface area contributed by atoms with Crippen LogP contribution >= 0.6 is 11.3 Å². The second-order valence-electron chi connectivity index (χ2n) is 7.96. The van der Waals surface area contributed by atoms with E-state index in [1.807, 2.05) is 50.9 Å². The monoisotopic (exact) mass is 412 g/mol. The number of hydrogen-bond acceptors (Lipinski definition) is 4. The van der Waals surface area contributed by atoms with Gasteiger partial charge in [0.1, 0.15) is 5.75 Å². The first-order chi connectivity index (χ1) is 14.2. The van der Waals surface area contributed by atoms with Crippen molar-refractivity contribution in [2.75, 3.05) is 32.8 Å². The molecule has 0 bridgehead atoms. The second-order valence-corrected chi connectivity index (χ2v) is 8.74. The summed E-state index contributed by atoms with van der Waals surface area (Å²) in [6.45, 7) is 3.79. The maximum absolute atomic E-state index is 12.7. The van der Waals surface area contributed by atoms with Crippen molar-refractivity contribution in [2.45, 2.75) is 32.1 Å². The number of benzene rings is 1. The van der Waals surface area contributed by atoms with Crippen LogP contribution < -0.4 is 4.74 Å². The van der Waals surface area contributed by atoms with Gasteiger partial charge in [0.15, 0.2) is 0 Å². The van der Waals surface area contributed by atoms with Crippen LogP contribution in [0.4, 0.5) is 0 Å². The quantitative estimate of drug-likeness (QED) is 0.735. The number of piperidine rings is 2. The Balaban J connectivity index is 1.33. The summed E-state index contributed by atoms with van der Waals surface area (Å²) < 4.78 is 6.04. The van der Waals surface area contributed by atoms with Crippen LogP contribution in [0.1, 0.15) is 52.8 Å². The number of hydrogen-bond donors (Lipinski definition) is 0. The van der Waals surface area contributed by atoms with E-state index in [4.69, 9.17) is 4.74 Å². The molecule has 2 aromatic rings. The number of carbonyl (C=O) groups is 2. The Morgan fingerprint density at radius 2 is 1.76 bits per heavy atom. The Kier molecular flexibility index (Phi) is 6.49. The fourth-order valence-electron chi connectivity index (χ4n) is 4.17. The molecule has 1 atom stereocenters. The third-order valence-electron chi connectivity index (χ3n) is 5.78. The summed E-state index contributed by atoms with van der Waals surface area (Å²) in [5.74, 6) is 1.26. The molecule has 0 radical (unpaired) electrons. The second kappa shape index (κ2) is 9.44. The fourth-order valence-corrected chi connectivity index (χ4v) is 4.80. The molecule has 2 aliphatic rings. The summed E-state index contributed by atoms with van der Waals surface area (Å²) in [4.78, 5) is 29.2. The average Bonchev–Trinajstić information content (AvgIpc) is 3.33. The lowest BCUT2D eigenvalue weighted by atomic mass is 9.98. The van der Waals surface area contributed by atoms with Gasteiger partial charge in [-0.15, -0.1) is 0 Å². The summed E-state index contributed by atoms with van der Waals surface area (Å²) >= 11 is 1.55. The van der Waals surface area contributed by atoms with Crippen LogP contribution in [0.3, 0.4) is 0 Å². The van der Waals surface area contributed by atoms with Crippen molar-refractivity contribution in [3.8, 4) is 5.75 Å². The van der Waals surface area contributed by atoms with Gasteiger partial charge in [-0.3, -0.25) is 9.59 Å². The molecule has 6 heteroatoms. The Morgan fingerprint density at radius 3 is 2.55 bits per heavy atom. The van der Waals surface area contributed by atoms with E-state index in [1.54, 1.807) is 11.3 Å². The molecule has 2 saturated heterocycles. The van der Waals surface area contributed by atoms with Gasteiger partial charge in [-0.05, 0) is 61.7 Å². The van der Waals surface area contributed by atoms with Crippen LogP contribution in [0.15, 0.2) is 41.1 Å². The minimum Gasteiger partial charge on any atom is -0.493 e. The number of carbonyl (C=O) groups excluding carboxylic acids is 2. The lowest BCUT2D eigenvalue weighted by Gasteiger charge is -2.32. The molecule has 0 spiro atoms. The van der Waals surface area contributed by atoms with Crippen molar-refractivity contribution < 1.29 is 14.3 Å². The summed E-state index contributed by atoms with van der Waals surface area (Å²) in [7, 11) is 0. The zero-order chi connectivity index (χ0) is 20.1. The molecular weight excluding hydrogens is 384 g/mol. The number of thiophene rings is 1. The first-order valence-electron chi connectivity index (χ1n) is 10.5. The summed E-state index contributed by atoms with van der Waals surface area (Å²) in [5, 5.41) is 3.85. The molecular formula is C23H28N2O3S. The number of rotatable bonds is 5. The fraction of sp³-hybridized carbons (Fsp3) is 0.478. The molecule has 29 heavy (non-hydrogen) atoms.